The molecule has 3 aromatic carbocycles. The number of amides is 3. The molecule has 6 rings (SSSR count). The van der Waals surface area contributed by atoms with Crippen molar-refractivity contribution >= 4 is 45.9 Å². The predicted molar refractivity (Wildman–Crippen MR) is 148 cm³/mol. The van der Waals surface area contributed by atoms with Crippen molar-refractivity contribution in [3.8, 4) is 0 Å². The quantitative estimate of drug-likeness (QED) is 0.435. The number of β-amino-alcohol motifs (C(OH)–C–C–N with tert-alkyl or cyclic N) is 1. The third kappa shape index (κ3) is 3.89. The predicted octanol–water partition coefficient (Wildman–Crippen LogP) is 3.57. The Bertz CT molecular complexity index is 1410. The maximum Gasteiger partial charge on any atom is 0.248 e. The van der Waals surface area contributed by atoms with E-state index in [1.807, 2.05) is 72.8 Å². The second-order valence-electron chi connectivity index (χ2n) is 10.7. The Hall–Kier alpha value is -3.36. The molecule has 3 fully saturated rings. The first-order valence-electron chi connectivity index (χ1n) is 13.1. The zero-order valence-corrected chi connectivity index (χ0v) is 22.0. The van der Waals surface area contributed by atoms with E-state index in [1.165, 1.54) is 4.90 Å². The Kier molecular flexibility index (Phi) is 6.19. The second-order valence-corrected chi connectivity index (χ2v) is 12.6. The average molecular weight is 530 g/mol. The first-order chi connectivity index (χ1) is 18.4. The van der Waals surface area contributed by atoms with Crippen molar-refractivity contribution in [2.45, 2.75) is 41.8 Å². The monoisotopic (exact) mass is 529 g/mol. The third-order valence-electron chi connectivity index (χ3n) is 8.47. The fraction of sp³-hybridized carbons (Fsp3) is 0.367. The van der Waals surface area contributed by atoms with E-state index in [0.717, 1.165) is 22.8 Å². The number of nitrogens with one attached hydrogen (secondary N) is 2. The van der Waals surface area contributed by atoms with Crippen molar-refractivity contribution in [3.63, 3.8) is 0 Å². The molecule has 0 saturated carbocycles. The highest BCUT2D eigenvalue weighted by Gasteiger charge is 2.77. The Balaban J connectivity index is 1.30. The molecule has 0 aliphatic carbocycles. The number of carbonyl (C=O) groups is 3. The van der Waals surface area contributed by atoms with E-state index >= 15 is 0 Å². The normalized spacial score (nSPS) is 29.5. The molecule has 0 aromatic heterocycles. The van der Waals surface area contributed by atoms with Crippen molar-refractivity contribution in [1.29, 1.82) is 0 Å². The van der Waals surface area contributed by atoms with Crippen LogP contribution in [0.25, 0.3) is 10.8 Å². The molecule has 3 amide bonds. The topological polar surface area (TPSA) is 98.7 Å². The van der Waals surface area contributed by atoms with Crippen LogP contribution in [0, 0.1) is 11.8 Å². The number of aliphatic hydroxyl groups is 1. The number of rotatable bonds is 7. The summed E-state index contributed by atoms with van der Waals surface area (Å²) in [5.41, 5.74) is 1.65. The molecule has 3 N–H and O–H groups in total. The number of fused-ring (bicyclic) bond motifs is 2. The molecule has 0 radical (unpaired) electrons. The lowest BCUT2D eigenvalue weighted by Gasteiger charge is -2.34. The van der Waals surface area contributed by atoms with E-state index in [2.05, 4.69) is 17.6 Å². The van der Waals surface area contributed by atoms with Crippen LogP contribution in [0.5, 0.6) is 0 Å². The fourth-order valence-electron chi connectivity index (χ4n) is 6.85. The van der Waals surface area contributed by atoms with Crippen LogP contribution >= 0.6 is 11.8 Å². The standard InChI is InChI=1S/C30H31N3O4S/c1-29-13-14-30(38-29)24(23(29)26(35)31-18-19-7-3-2-4-8-19)28(37)33(15-16-34)25(30)27(36)32-22-12-11-20-9-5-6-10-21(20)17-22/h2-12,17,23-25,34H,13-16,18H2,1H3,(H,31,35)(H,32,36)/t23-,24+,25?,29+,30?/m1/s1. The molecule has 2 unspecified atom stereocenters. The highest BCUT2D eigenvalue weighted by molar-refractivity contribution is 8.02. The van der Waals surface area contributed by atoms with Crippen LogP contribution in [0.4, 0.5) is 5.69 Å². The van der Waals surface area contributed by atoms with Gasteiger partial charge in [-0.3, -0.25) is 14.4 Å². The van der Waals surface area contributed by atoms with Crippen LogP contribution in [-0.4, -0.2) is 56.4 Å². The second kappa shape index (κ2) is 9.43. The first-order valence-corrected chi connectivity index (χ1v) is 13.9. The molecule has 3 aromatic rings. The molecule has 1 spiro atoms. The van der Waals surface area contributed by atoms with Gasteiger partial charge in [0.05, 0.1) is 23.2 Å². The van der Waals surface area contributed by atoms with Crippen molar-refractivity contribution < 1.29 is 19.5 Å². The molecule has 3 saturated heterocycles. The largest absolute Gasteiger partial charge is 0.395 e. The van der Waals surface area contributed by atoms with Gasteiger partial charge in [0, 0.05) is 23.5 Å². The zero-order valence-electron chi connectivity index (χ0n) is 21.2. The lowest BCUT2D eigenvalue weighted by atomic mass is 9.66. The van der Waals surface area contributed by atoms with Gasteiger partial charge < -0.3 is 20.6 Å². The van der Waals surface area contributed by atoms with Crippen LogP contribution in [0.2, 0.25) is 0 Å². The third-order valence-corrected chi connectivity index (χ3v) is 10.5. The van der Waals surface area contributed by atoms with Crippen LogP contribution < -0.4 is 10.6 Å². The first kappa shape index (κ1) is 24.9. The Labute approximate surface area is 226 Å². The van der Waals surface area contributed by atoms with Gasteiger partial charge in [-0.15, -0.1) is 11.8 Å². The van der Waals surface area contributed by atoms with Gasteiger partial charge in [-0.05, 0) is 48.2 Å². The molecule has 196 valence electrons. The van der Waals surface area contributed by atoms with Crippen LogP contribution in [0.3, 0.4) is 0 Å². The van der Waals surface area contributed by atoms with Crippen molar-refractivity contribution in [2.75, 3.05) is 18.5 Å². The molecule has 2 bridgehead atoms. The van der Waals surface area contributed by atoms with Crippen molar-refractivity contribution in [1.82, 2.24) is 10.2 Å². The van der Waals surface area contributed by atoms with Gasteiger partial charge in [0.1, 0.15) is 6.04 Å². The number of hydrogen-bond acceptors (Lipinski definition) is 5. The minimum absolute atomic E-state index is 0.0581. The van der Waals surface area contributed by atoms with E-state index in [0.29, 0.717) is 18.7 Å². The number of carbonyl (C=O) groups excluding carboxylic acids is 3. The SMILES string of the molecule is C[C@@]12CCC3(S1)C(C(=O)Nc1ccc4ccccc4c1)N(CCO)C(=O)[C@@H]3[C@@H]2C(=O)NCc1ccccc1. The van der Waals surface area contributed by atoms with Gasteiger partial charge in [0.15, 0.2) is 0 Å². The zero-order chi connectivity index (χ0) is 26.5. The number of benzene rings is 3. The van der Waals surface area contributed by atoms with Gasteiger partial charge in [0.2, 0.25) is 17.7 Å². The van der Waals surface area contributed by atoms with E-state index < -0.39 is 27.4 Å². The number of aliphatic hydroxyl groups excluding tert-OH is 1. The summed E-state index contributed by atoms with van der Waals surface area (Å²) in [6.07, 6.45) is 1.42. The number of likely N-dealkylation sites (tertiary alicyclic amines) is 1. The van der Waals surface area contributed by atoms with Crippen molar-refractivity contribution in [2.24, 2.45) is 11.8 Å². The summed E-state index contributed by atoms with van der Waals surface area (Å²) in [6.45, 7) is 2.25. The lowest BCUT2D eigenvalue weighted by molar-refractivity contribution is -0.140. The molecule has 7 nitrogen and oxygen atoms in total. The number of anilines is 1. The number of thioether (sulfide) groups is 1. The Morgan fingerprint density at radius 1 is 1.00 bits per heavy atom. The minimum atomic E-state index is -0.766. The highest BCUT2D eigenvalue weighted by atomic mass is 32.2. The molecule has 3 aliphatic heterocycles. The summed E-state index contributed by atoms with van der Waals surface area (Å²) in [6, 6.07) is 22.6. The molecular formula is C30H31N3O4S. The van der Waals surface area contributed by atoms with Crippen molar-refractivity contribution in [3.05, 3.63) is 78.4 Å². The molecule has 3 aliphatic rings. The van der Waals surface area contributed by atoms with Crippen LogP contribution in [-0.2, 0) is 20.9 Å². The summed E-state index contributed by atoms with van der Waals surface area (Å²) in [5, 5.41) is 18.0. The number of hydrogen-bond donors (Lipinski definition) is 3. The van der Waals surface area contributed by atoms with Gasteiger partial charge >= 0.3 is 0 Å². The lowest BCUT2D eigenvalue weighted by Crippen LogP contribution is -2.52. The maximum absolute atomic E-state index is 13.9. The van der Waals surface area contributed by atoms with Crippen LogP contribution in [0.1, 0.15) is 25.3 Å². The van der Waals surface area contributed by atoms with Gasteiger partial charge in [-0.2, -0.15) is 0 Å². The fourth-order valence-corrected chi connectivity index (χ4v) is 9.20. The Morgan fingerprint density at radius 3 is 2.50 bits per heavy atom. The minimum Gasteiger partial charge on any atom is -0.395 e. The molecule has 38 heavy (non-hydrogen) atoms. The smallest absolute Gasteiger partial charge is 0.248 e. The van der Waals surface area contributed by atoms with E-state index in [-0.39, 0.29) is 30.9 Å². The summed E-state index contributed by atoms with van der Waals surface area (Å²) >= 11 is 1.63. The molecular weight excluding hydrogens is 498 g/mol. The maximum atomic E-state index is 13.9. The number of nitrogens with zero attached hydrogens (tertiary/aromatic N) is 1. The highest BCUT2D eigenvalue weighted by Crippen LogP contribution is 2.71. The Morgan fingerprint density at radius 2 is 1.74 bits per heavy atom. The summed E-state index contributed by atoms with van der Waals surface area (Å²) in [5.74, 6) is -1.79. The molecule has 3 heterocycles. The van der Waals surface area contributed by atoms with Gasteiger partial charge in [-0.1, -0.05) is 60.7 Å². The average Bonchev–Trinajstić information content (AvgIpc) is 3.49. The van der Waals surface area contributed by atoms with E-state index in [1.54, 1.807) is 11.8 Å². The van der Waals surface area contributed by atoms with E-state index in [9.17, 15) is 19.5 Å². The molecule has 8 heteroatoms. The summed E-state index contributed by atoms with van der Waals surface area (Å²) in [7, 11) is 0. The van der Waals surface area contributed by atoms with Gasteiger partial charge in [-0.25, -0.2) is 0 Å². The van der Waals surface area contributed by atoms with E-state index in [4.69, 9.17) is 0 Å². The van der Waals surface area contributed by atoms with Crippen LogP contribution in [0.15, 0.2) is 72.8 Å². The summed E-state index contributed by atoms with van der Waals surface area (Å²) in [4.78, 5) is 42.9. The summed E-state index contributed by atoms with van der Waals surface area (Å²) < 4.78 is -1.15. The molecule has 5 atom stereocenters. The van der Waals surface area contributed by atoms with Gasteiger partial charge in [0.25, 0.3) is 0 Å².